The Labute approximate surface area is 181 Å². The summed E-state index contributed by atoms with van der Waals surface area (Å²) in [5, 5.41) is 3.06. The number of imidazole rings is 1. The first-order chi connectivity index (χ1) is 14.8. The van der Waals surface area contributed by atoms with E-state index in [2.05, 4.69) is 10.3 Å². The molecule has 0 unspecified atom stereocenters. The Balaban J connectivity index is 1.65. The van der Waals surface area contributed by atoms with Crippen LogP contribution in [-0.4, -0.2) is 24.6 Å². The van der Waals surface area contributed by atoms with Crippen LogP contribution in [0.1, 0.15) is 0 Å². The van der Waals surface area contributed by atoms with E-state index in [1.807, 2.05) is 18.2 Å². The van der Waals surface area contributed by atoms with Gasteiger partial charge in [0.1, 0.15) is 12.3 Å². The topological polar surface area (TPSA) is 100 Å². The number of ether oxygens (including phenoxy) is 1. The zero-order valence-corrected chi connectivity index (χ0v) is 17.5. The molecule has 4 aromatic rings. The van der Waals surface area contributed by atoms with E-state index >= 15 is 0 Å². The van der Waals surface area contributed by atoms with Gasteiger partial charge in [0.2, 0.25) is 5.91 Å². The summed E-state index contributed by atoms with van der Waals surface area (Å²) >= 11 is 6.08. The average molecular weight is 440 g/mol. The third-order valence-corrected chi connectivity index (χ3v) is 4.92. The van der Waals surface area contributed by atoms with Gasteiger partial charge >= 0.3 is 5.69 Å². The Morgan fingerprint density at radius 1 is 1.13 bits per heavy atom. The predicted molar refractivity (Wildman–Crippen MR) is 117 cm³/mol. The Kier molecular flexibility index (Phi) is 5.35. The molecule has 0 atom stereocenters. The zero-order chi connectivity index (χ0) is 22.1. The number of hydrogen-bond donors (Lipinski definition) is 1. The van der Waals surface area contributed by atoms with E-state index in [0.29, 0.717) is 22.2 Å². The molecule has 0 aliphatic heterocycles. The van der Waals surface area contributed by atoms with Gasteiger partial charge in [0.05, 0.1) is 12.0 Å². The number of nitrogens with zero attached hydrogens (tertiary/aromatic N) is 4. The molecule has 2 aromatic heterocycles. The molecule has 0 radical (unpaired) electrons. The van der Waals surface area contributed by atoms with Gasteiger partial charge in [0, 0.05) is 19.1 Å². The Hall–Kier alpha value is -3.85. The van der Waals surface area contributed by atoms with Gasteiger partial charge in [0.15, 0.2) is 16.9 Å². The van der Waals surface area contributed by atoms with E-state index in [1.54, 1.807) is 31.3 Å². The molecule has 9 nitrogen and oxygen atoms in total. The summed E-state index contributed by atoms with van der Waals surface area (Å²) in [6, 6.07) is 13.8. The molecule has 2 aromatic carbocycles. The van der Waals surface area contributed by atoms with E-state index in [9.17, 15) is 14.4 Å². The first kappa shape index (κ1) is 20.4. The average Bonchev–Trinajstić information content (AvgIpc) is 3.14. The van der Waals surface area contributed by atoms with Crippen LogP contribution in [0.2, 0.25) is 5.02 Å². The second-order valence-electron chi connectivity index (χ2n) is 6.86. The molecule has 0 bridgehead atoms. The van der Waals surface area contributed by atoms with Gasteiger partial charge in [-0.1, -0.05) is 29.8 Å². The molecular formula is C21H18ClN5O4. The van der Waals surface area contributed by atoms with Crippen molar-refractivity contribution in [2.45, 2.75) is 6.54 Å². The fourth-order valence-electron chi connectivity index (χ4n) is 3.17. The zero-order valence-electron chi connectivity index (χ0n) is 16.7. The van der Waals surface area contributed by atoms with Crippen molar-refractivity contribution in [2.75, 3.05) is 5.32 Å². The minimum absolute atomic E-state index is 0.228. The maximum absolute atomic E-state index is 12.8. The van der Waals surface area contributed by atoms with Crippen LogP contribution in [0.5, 0.6) is 11.5 Å². The molecule has 0 saturated heterocycles. The Bertz CT molecular complexity index is 1410. The SMILES string of the molecule is Cn1cnc2c1c(=O)n(CC(=O)Nc1cc(Cl)ccc1Oc1ccccc1)c(=O)n2C. The number of benzene rings is 2. The van der Waals surface area contributed by atoms with Gasteiger partial charge in [-0.15, -0.1) is 0 Å². The highest BCUT2D eigenvalue weighted by Gasteiger charge is 2.18. The number of nitrogens with one attached hydrogen (secondary N) is 1. The van der Waals surface area contributed by atoms with Gasteiger partial charge in [0.25, 0.3) is 5.56 Å². The molecule has 0 aliphatic rings. The van der Waals surface area contributed by atoms with Crippen molar-refractivity contribution in [2.24, 2.45) is 14.1 Å². The smallest absolute Gasteiger partial charge is 0.332 e. The Morgan fingerprint density at radius 2 is 1.87 bits per heavy atom. The number of amides is 1. The Morgan fingerprint density at radius 3 is 2.61 bits per heavy atom. The lowest BCUT2D eigenvalue weighted by Crippen LogP contribution is -2.42. The summed E-state index contributed by atoms with van der Waals surface area (Å²) in [4.78, 5) is 42.2. The van der Waals surface area contributed by atoms with Crippen molar-refractivity contribution < 1.29 is 9.53 Å². The minimum Gasteiger partial charge on any atom is -0.455 e. The van der Waals surface area contributed by atoms with Crippen LogP contribution in [0.3, 0.4) is 0 Å². The molecule has 31 heavy (non-hydrogen) atoms. The molecule has 2 heterocycles. The molecule has 10 heteroatoms. The molecule has 0 fully saturated rings. The summed E-state index contributed by atoms with van der Waals surface area (Å²) in [5.74, 6) is 0.360. The number of fused-ring (bicyclic) bond motifs is 1. The van der Waals surface area contributed by atoms with Gasteiger partial charge in [-0.25, -0.2) is 14.3 Å². The third-order valence-electron chi connectivity index (χ3n) is 4.69. The number of hydrogen-bond acceptors (Lipinski definition) is 5. The van der Waals surface area contributed by atoms with Crippen LogP contribution in [0, 0.1) is 0 Å². The van der Waals surface area contributed by atoms with Gasteiger partial charge in [-0.3, -0.25) is 14.2 Å². The largest absolute Gasteiger partial charge is 0.455 e. The van der Waals surface area contributed by atoms with E-state index in [0.717, 1.165) is 4.57 Å². The van der Waals surface area contributed by atoms with Gasteiger partial charge < -0.3 is 14.6 Å². The van der Waals surface area contributed by atoms with Crippen molar-refractivity contribution in [3.05, 3.63) is 80.7 Å². The number of carbonyl (C=O) groups is 1. The quantitative estimate of drug-likeness (QED) is 0.515. The second kappa shape index (κ2) is 8.11. The number of para-hydroxylation sites is 1. The van der Waals surface area contributed by atoms with Crippen LogP contribution in [-0.2, 0) is 25.4 Å². The third kappa shape index (κ3) is 3.95. The lowest BCUT2D eigenvalue weighted by molar-refractivity contribution is -0.116. The number of aryl methyl sites for hydroxylation is 2. The molecule has 0 spiro atoms. The monoisotopic (exact) mass is 439 g/mol. The van der Waals surface area contributed by atoms with Gasteiger partial charge in [-0.2, -0.15) is 0 Å². The minimum atomic E-state index is -0.641. The molecular weight excluding hydrogens is 422 g/mol. The highest BCUT2D eigenvalue weighted by atomic mass is 35.5. The highest BCUT2D eigenvalue weighted by Crippen LogP contribution is 2.32. The summed E-state index contributed by atoms with van der Waals surface area (Å²) < 4.78 is 9.43. The van der Waals surface area contributed by atoms with Gasteiger partial charge in [-0.05, 0) is 30.3 Å². The summed E-state index contributed by atoms with van der Waals surface area (Å²) in [6.45, 7) is -0.482. The lowest BCUT2D eigenvalue weighted by atomic mass is 10.2. The van der Waals surface area contributed by atoms with E-state index < -0.39 is 23.7 Å². The molecule has 1 N–H and O–H groups in total. The fourth-order valence-corrected chi connectivity index (χ4v) is 3.35. The maximum Gasteiger partial charge on any atom is 0.332 e. The molecule has 4 rings (SSSR count). The summed E-state index contributed by atoms with van der Waals surface area (Å²) in [5.41, 5.74) is -0.445. The fraction of sp³-hybridized carbons (Fsp3) is 0.143. The predicted octanol–water partition coefficient (Wildman–Crippen LogP) is 2.52. The number of carbonyl (C=O) groups excluding carboxylic acids is 1. The van der Waals surface area contributed by atoms with Crippen LogP contribution >= 0.6 is 11.6 Å². The number of halogens is 1. The van der Waals surface area contributed by atoms with E-state index in [1.165, 1.54) is 28.6 Å². The van der Waals surface area contributed by atoms with Crippen molar-refractivity contribution in [1.82, 2.24) is 18.7 Å². The number of anilines is 1. The molecule has 158 valence electrons. The summed E-state index contributed by atoms with van der Waals surface area (Å²) in [6.07, 6.45) is 1.44. The number of rotatable bonds is 5. The van der Waals surface area contributed by atoms with Crippen LogP contribution in [0.15, 0.2) is 64.4 Å². The van der Waals surface area contributed by atoms with Crippen molar-refractivity contribution in [3.8, 4) is 11.5 Å². The van der Waals surface area contributed by atoms with Crippen LogP contribution in [0.25, 0.3) is 11.2 Å². The van der Waals surface area contributed by atoms with E-state index in [-0.39, 0.29) is 11.2 Å². The molecule has 0 aliphatic carbocycles. The first-order valence-electron chi connectivity index (χ1n) is 9.28. The van der Waals surface area contributed by atoms with Crippen LogP contribution < -0.4 is 21.3 Å². The number of aromatic nitrogens is 4. The van der Waals surface area contributed by atoms with Crippen molar-refractivity contribution >= 4 is 34.4 Å². The second-order valence-corrected chi connectivity index (χ2v) is 7.30. The lowest BCUT2D eigenvalue weighted by Gasteiger charge is -2.13. The summed E-state index contributed by atoms with van der Waals surface area (Å²) in [7, 11) is 3.14. The first-order valence-corrected chi connectivity index (χ1v) is 9.66. The molecule has 1 amide bonds. The molecule has 0 saturated carbocycles. The van der Waals surface area contributed by atoms with Crippen molar-refractivity contribution in [1.29, 1.82) is 0 Å². The standard InChI is InChI=1S/C21H18ClN5O4/c1-25-12-23-19-18(25)20(29)27(21(30)26(19)2)11-17(28)24-15-10-13(22)8-9-16(15)31-14-6-4-3-5-7-14/h3-10,12H,11H2,1-2H3,(H,24,28). The highest BCUT2D eigenvalue weighted by molar-refractivity contribution is 6.31. The van der Waals surface area contributed by atoms with Crippen LogP contribution in [0.4, 0.5) is 5.69 Å². The van der Waals surface area contributed by atoms with Crippen molar-refractivity contribution in [3.63, 3.8) is 0 Å². The maximum atomic E-state index is 12.8. The normalized spacial score (nSPS) is 10.9. The van der Waals surface area contributed by atoms with E-state index in [4.69, 9.17) is 16.3 Å².